The SMILES string of the molecule is C=CC(=O)OCC(CCCCCCOc1ccc(OC(=O)c2ccc(OC(=O)c3ccc(O)cc3)c(C)c2)cc1)OC(=O)C=C. The first-order valence-electron chi connectivity index (χ1n) is 14.4. The molecule has 0 spiro atoms. The lowest BCUT2D eigenvalue weighted by Gasteiger charge is -2.16. The van der Waals surface area contributed by atoms with Crippen LogP contribution < -0.4 is 14.2 Å². The van der Waals surface area contributed by atoms with Gasteiger partial charge in [-0.3, -0.25) is 0 Å². The Kier molecular flexibility index (Phi) is 13.4. The van der Waals surface area contributed by atoms with Crippen molar-refractivity contribution < 1.29 is 48.0 Å². The molecular formula is C35H36O10. The van der Waals surface area contributed by atoms with Gasteiger partial charge in [0.25, 0.3) is 0 Å². The summed E-state index contributed by atoms with van der Waals surface area (Å²) in [5, 5.41) is 9.38. The second kappa shape index (κ2) is 17.7. The molecule has 0 fully saturated rings. The quantitative estimate of drug-likeness (QED) is 0.0797. The Morgan fingerprint density at radius 2 is 1.38 bits per heavy atom. The van der Waals surface area contributed by atoms with E-state index in [1.54, 1.807) is 37.3 Å². The summed E-state index contributed by atoms with van der Waals surface area (Å²) >= 11 is 0. The van der Waals surface area contributed by atoms with E-state index >= 15 is 0 Å². The Morgan fingerprint density at radius 1 is 0.756 bits per heavy atom. The normalized spacial score (nSPS) is 11.0. The number of unbranched alkanes of at least 4 members (excludes halogenated alkanes) is 3. The Bertz CT molecular complexity index is 1480. The molecule has 0 heterocycles. The Labute approximate surface area is 261 Å². The van der Waals surface area contributed by atoms with Gasteiger partial charge in [-0.25, -0.2) is 19.2 Å². The number of hydrogen-bond donors (Lipinski definition) is 1. The molecule has 0 radical (unpaired) electrons. The van der Waals surface area contributed by atoms with Gasteiger partial charge in [-0.15, -0.1) is 0 Å². The van der Waals surface area contributed by atoms with E-state index in [4.69, 9.17) is 23.7 Å². The highest BCUT2D eigenvalue weighted by Crippen LogP contribution is 2.23. The third-order valence-electron chi connectivity index (χ3n) is 6.47. The number of carbonyl (C=O) groups excluding carboxylic acids is 4. The lowest BCUT2D eigenvalue weighted by Crippen LogP contribution is -2.24. The summed E-state index contributed by atoms with van der Waals surface area (Å²) in [7, 11) is 0. The number of hydrogen-bond acceptors (Lipinski definition) is 10. The van der Waals surface area contributed by atoms with Crippen molar-refractivity contribution >= 4 is 23.9 Å². The van der Waals surface area contributed by atoms with Crippen molar-refractivity contribution in [1.82, 2.24) is 0 Å². The molecule has 0 bridgehead atoms. The van der Waals surface area contributed by atoms with E-state index in [1.165, 1.54) is 36.4 Å². The molecule has 0 aliphatic rings. The highest BCUT2D eigenvalue weighted by molar-refractivity contribution is 5.93. The number of aromatic hydroxyl groups is 1. The van der Waals surface area contributed by atoms with Gasteiger partial charge in [0.15, 0.2) is 0 Å². The van der Waals surface area contributed by atoms with Crippen LogP contribution in [0.25, 0.3) is 0 Å². The molecule has 0 aliphatic heterocycles. The van der Waals surface area contributed by atoms with Gasteiger partial charge in [0.05, 0.1) is 17.7 Å². The highest BCUT2D eigenvalue weighted by Gasteiger charge is 2.16. The molecule has 10 heteroatoms. The minimum atomic E-state index is -0.585. The van der Waals surface area contributed by atoms with E-state index in [0.29, 0.717) is 41.4 Å². The maximum Gasteiger partial charge on any atom is 0.343 e. The van der Waals surface area contributed by atoms with Gasteiger partial charge >= 0.3 is 23.9 Å². The molecule has 1 unspecified atom stereocenters. The average molecular weight is 617 g/mol. The molecule has 0 amide bonds. The standard InChI is InChI=1S/C35H36O10/c1-4-32(37)42-23-30(43-33(38)5-2)10-8-6-7-9-21-41-28-16-18-29(19-17-28)44-35(40)26-13-20-31(24(3)22-26)45-34(39)25-11-14-27(36)15-12-25/h4-5,11-20,22,30,36H,1-2,6-10,21,23H2,3H3. The monoisotopic (exact) mass is 616 g/mol. The van der Waals surface area contributed by atoms with Crippen molar-refractivity contribution in [1.29, 1.82) is 0 Å². The molecular weight excluding hydrogens is 580 g/mol. The zero-order valence-electron chi connectivity index (χ0n) is 25.1. The van der Waals surface area contributed by atoms with E-state index in [1.807, 2.05) is 0 Å². The minimum absolute atomic E-state index is 0.0368. The number of benzene rings is 3. The van der Waals surface area contributed by atoms with Crippen LogP contribution in [0, 0.1) is 6.92 Å². The zero-order chi connectivity index (χ0) is 32.6. The van der Waals surface area contributed by atoms with Gasteiger partial charge in [-0.2, -0.15) is 0 Å². The van der Waals surface area contributed by atoms with Gasteiger partial charge in [0, 0.05) is 12.2 Å². The van der Waals surface area contributed by atoms with Crippen LogP contribution in [0.4, 0.5) is 0 Å². The predicted octanol–water partition coefficient (Wildman–Crippen LogP) is 6.30. The molecule has 236 valence electrons. The first kappa shape index (κ1) is 34.1. The second-order valence-corrected chi connectivity index (χ2v) is 9.93. The first-order valence-corrected chi connectivity index (χ1v) is 14.4. The molecule has 0 saturated carbocycles. The van der Waals surface area contributed by atoms with Crippen molar-refractivity contribution in [2.75, 3.05) is 13.2 Å². The van der Waals surface area contributed by atoms with Crippen molar-refractivity contribution in [2.24, 2.45) is 0 Å². The highest BCUT2D eigenvalue weighted by atomic mass is 16.6. The molecule has 3 rings (SSSR count). The van der Waals surface area contributed by atoms with E-state index in [2.05, 4.69) is 13.2 Å². The molecule has 1 N–H and O–H groups in total. The number of esters is 4. The number of phenols is 1. The molecule has 3 aromatic carbocycles. The number of phenolic OH excluding ortho intramolecular Hbond substituents is 1. The summed E-state index contributed by atoms with van der Waals surface area (Å²) in [6.45, 7) is 8.89. The zero-order valence-corrected chi connectivity index (χ0v) is 25.1. The molecule has 0 aromatic heterocycles. The van der Waals surface area contributed by atoms with Crippen molar-refractivity contribution in [3.05, 3.63) is 109 Å². The number of carbonyl (C=O) groups is 4. The smallest absolute Gasteiger partial charge is 0.343 e. The third kappa shape index (κ3) is 11.7. The summed E-state index contributed by atoms with van der Waals surface area (Å²) in [4.78, 5) is 47.9. The summed E-state index contributed by atoms with van der Waals surface area (Å²) < 4.78 is 26.9. The molecule has 10 nitrogen and oxygen atoms in total. The Hall–Kier alpha value is -5.38. The number of rotatable bonds is 17. The molecule has 0 saturated heterocycles. The molecule has 1 atom stereocenters. The number of aryl methyl sites for hydroxylation is 1. The maximum absolute atomic E-state index is 12.7. The van der Waals surface area contributed by atoms with Crippen LogP contribution in [0.15, 0.2) is 92.0 Å². The first-order chi connectivity index (χ1) is 21.7. The summed E-state index contributed by atoms with van der Waals surface area (Å²) in [5.74, 6) is -0.975. The van der Waals surface area contributed by atoms with Crippen LogP contribution in [0.2, 0.25) is 0 Å². The van der Waals surface area contributed by atoms with E-state index in [0.717, 1.165) is 37.8 Å². The van der Waals surface area contributed by atoms with Crippen molar-refractivity contribution in [2.45, 2.75) is 45.1 Å². The van der Waals surface area contributed by atoms with Gasteiger partial charge in [0.2, 0.25) is 0 Å². The topological polar surface area (TPSA) is 135 Å². The van der Waals surface area contributed by atoms with Gasteiger partial charge in [-0.1, -0.05) is 26.0 Å². The van der Waals surface area contributed by atoms with E-state index < -0.39 is 30.0 Å². The van der Waals surface area contributed by atoms with Crippen LogP contribution in [0.1, 0.15) is 58.4 Å². The van der Waals surface area contributed by atoms with Gasteiger partial charge in [-0.05, 0) is 98.5 Å². The minimum Gasteiger partial charge on any atom is -0.508 e. The molecule has 0 aliphatic carbocycles. The van der Waals surface area contributed by atoms with E-state index in [9.17, 15) is 24.3 Å². The van der Waals surface area contributed by atoms with Gasteiger partial charge < -0.3 is 28.8 Å². The van der Waals surface area contributed by atoms with Crippen LogP contribution in [-0.2, 0) is 19.1 Å². The summed E-state index contributed by atoms with van der Waals surface area (Å²) in [6.07, 6.45) is 5.46. The fourth-order valence-electron chi connectivity index (χ4n) is 4.06. The fraction of sp³-hybridized carbons (Fsp3) is 0.257. The van der Waals surface area contributed by atoms with Crippen molar-refractivity contribution in [3.63, 3.8) is 0 Å². The third-order valence-corrected chi connectivity index (χ3v) is 6.47. The summed E-state index contributed by atoms with van der Waals surface area (Å²) in [5.41, 5.74) is 1.15. The van der Waals surface area contributed by atoms with Crippen LogP contribution >= 0.6 is 0 Å². The predicted molar refractivity (Wildman–Crippen MR) is 165 cm³/mol. The Balaban J connectivity index is 1.38. The molecule has 45 heavy (non-hydrogen) atoms. The Morgan fingerprint density at radius 3 is 2.04 bits per heavy atom. The van der Waals surface area contributed by atoms with Crippen LogP contribution in [-0.4, -0.2) is 48.3 Å². The van der Waals surface area contributed by atoms with Crippen LogP contribution in [0.5, 0.6) is 23.0 Å². The van der Waals surface area contributed by atoms with E-state index in [-0.39, 0.29) is 17.9 Å². The lowest BCUT2D eigenvalue weighted by atomic mass is 10.1. The lowest BCUT2D eigenvalue weighted by molar-refractivity contribution is -0.153. The van der Waals surface area contributed by atoms with Gasteiger partial charge in [0.1, 0.15) is 35.7 Å². The fourth-order valence-corrected chi connectivity index (χ4v) is 4.06. The number of ether oxygens (including phenoxy) is 5. The molecule has 3 aromatic rings. The largest absolute Gasteiger partial charge is 0.508 e. The maximum atomic E-state index is 12.7. The second-order valence-electron chi connectivity index (χ2n) is 9.93. The van der Waals surface area contributed by atoms with Crippen molar-refractivity contribution in [3.8, 4) is 23.0 Å². The van der Waals surface area contributed by atoms with Crippen LogP contribution in [0.3, 0.4) is 0 Å². The average Bonchev–Trinajstić information content (AvgIpc) is 3.04. The summed E-state index contributed by atoms with van der Waals surface area (Å²) in [6, 6.07) is 17.0.